The van der Waals surface area contributed by atoms with Gasteiger partial charge in [-0.05, 0) is 45.3 Å². The van der Waals surface area contributed by atoms with Crippen molar-refractivity contribution in [2.45, 2.75) is 32.6 Å². The molecule has 0 N–H and O–H groups in total. The van der Waals surface area contributed by atoms with Crippen LogP contribution in [0.2, 0.25) is 0 Å². The van der Waals surface area contributed by atoms with Gasteiger partial charge >= 0.3 is 0 Å². The molecule has 2 aromatic rings. The van der Waals surface area contributed by atoms with Gasteiger partial charge in [0.05, 0.1) is 11.4 Å². The largest absolute Gasteiger partial charge is 0.310 e. The van der Waals surface area contributed by atoms with E-state index in [2.05, 4.69) is 29.8 Å². The Morgan fingerprint density at radius 1 is 1.35 bits per heavy atom. The third kappa shape index (κ3) is 3.02. The summed E-state index contributed by atoms with van der Waals surface area (Å²) in [5, 5.41) is 0. The van der Waals surface area contributed by atoms with E-state index in [1.807, 2.05) is 6.07 Å². The van der Waals surface area contributed by atoms with Crippen LogP contribution in [-0.2, 0) is 16.6 Å². The number of hydrogen-bond donors (Lipinski definition) is 0. The minimum Gasteiger partial charge on any atom is -0.310 e. The maximum Gasteiger partial charge on any atom is 0.223 e. The number of carbonyl (C=O) groups is 1. The smallest absolute Gasteiger partial charge is 0.223 e. The van der Waals surface area contributed by atoms with E-state index < -0.39 is 0 Å². The minimum absolute atomic E-state index is 0.0219. The fourth-order valence-electron chi connectivity index (χ4n) is 3.01. The van der Waals surface area contributed by atoms with Crippen LogP contribution in [-0.4, -0.2) is 17.4 Å². The molecule has 0 saturated carbocycles. The predicted octanol–water partition coefficient (Wildman–Crippen LogP) is 4.22. The van der Waals surface area contributed by atoms with Gasteiger partial charge in [-0.25, -0.2) is 9.37 Å². The quantitative estimate of drug-likeness (QED) is 0.735. The van der Waals surface area contributed by atoms with Crippen LogP contribution >= 0.6 is 15.9 Å². The second-order valence-electron chi connectivity index (χ2n) is 6.60. The molecule has 0 atom stereocenters. The zero-order valence-corrected chi connectivity index (χ0v) is 14.9. The number of amides is 1. The average Bonchev–Trinajstić information content (AvgIpc) is 2.74. The Balaban J connectivity index is 2.02. The molecule has 0 saturated heterocycles. The molecule has 0 fully saturated rings. The van der Waals surface area contributed by atoms with E-state index in [0.717, 1.165) is 27.1 Å². The highest BCUT2D eigenvalue weighted by molar-refractivity contribution is 9.10. The lowest BCUT2D eigenvalue weighted by Crippen LogP contribution is -2.32. The van der Waals surface area contributed by atoms with Gasteiger partial charge in [-0.3, -0.25) is 4.79 Å². The molecule has 3 nitrogen and oxygen atoms in total. The van der Waals surface area contributed by atoms with Crippen LogP contribution < -0.4 is 4.90 Å². The van der Waals surface area contributed by atoms with E-state index in [1.54, 1.807) is 24.0 Å². The highest BCUT2D eigenvalue weighted by Gasteiger charge is 2.39. The molecule has 23 heavy (non-hydrogen) atoms. The number of benzene rings is 1. The number of halogens is 2. The highest BCUT2D eigenvalue weighted by Crippen LogP contribution is 2.41. The molecule has 0 spiro atoms. The molecule has 1 aliphatic heterocycles. The summed E-state index contributed by atoms with van der Waals surface area (Å²) in [4.78, 5) is 18.4. The third-order valence-electron chi connectivity index (χ3n) is 4.20. The van der Waals surface area contributed by atoms with Gasteiger partial charge in [-0.2, -0.15) is 0 Å². The van der Waals surface area contributed by atoms with E-state index in [1.165, 1.54) is 12.1 Å². The Kier molecular flexibility index (Phi) is 4.00. The average molecular weight is 377 g/mol. The van der Waals surface area contributed by atoms with Crippen molar-refractivity contribution in [2.24, 2.45) is 0 Å². The number of nitrogens with zero attached hydrogens (tertiary/aromatic N) is 2. The Hall–Kier alpha value is -1.75. The summed E-state index contributed by atoms with van der Waals surface area (Å²) >= 11 is 3.54. The molecule has 0 unspecified atom stereocenters. The molecule has 0 aliphatic carbocycles. The molecule has 0 bridgehead atoms. The summed E-state index contributed by atoms with van der Waals surface area (Å²) in [6.07, 6.45) is 0.632. The van der Waals surface area contributed by atoms with Crippen molar-refractivity contribution in [2.75, 3.05) is 11.4 Å². The first-order valence-electron chi connectivity index (χ1n) is 7.50. The normalized spacial score (nSPS) is 15.6. The zero-order chi connectivity index (χ0) is 16.8. The number of fused-ring (bicyclic) bond motifs is 1. The summed E-state index contributed by atoms with van der Waals surface area (Å²) in [6.45, 7) is 6.39. The van der Waals surface area contributed by atoms with Gasteiger partial charge in [0.15, 0.2) is 0 Å². The molecular formula is C18H18BrFN2O. The van der Waals surface area contributed by atoms with Crippen molar-refractivity contribution >= 4 is 27.5 Å². The van der Waals surface area contributed by atoms with Gasteiger partial charge < -0.3 is 4.90 Å². The van der Waals surface area contributed by atoms with Gasteiger partial charge in [0.2, 0.25) is 5.91 Å². The summed E-state index contributed by atoms with van der Waals surface area (Å²) in [6, 6.07) is 8.46. The highest BCUT2D eigenvalue weighted by atomic mass is 79.9. The molecule has 1 aliphatic rings. The van der Waals surface area contributed by atoms with Crippen molar-refractivity contribution in [3.63, 3.8) is 0 Å². The maximum absolute atomic E-state index is 13.0. The molecule has 5 heteroatoms. The summed E-state index contributed by atoms with van der Waals surface area (Å²) < 4.78 is 13.8. The van der Waals surface area contributed by atoms with Crippen molar-refractivity contribution in [3.05, 3.63) is 57.6 Å². The van der Waals surface area contributed by atoms with E-state index in [4.69, 9.17) is 4.98 Å². The second-order valence-corrected chi connectivity index (χ2v) is 7.35. The van der Waals surface area contributed by atoms with Crippen molar-refractivity contribution < 1.29 is 9.18 Å². The van der Waals surface area contributed by atoms with Crippen LogP contribution in [0.5, 0.6) is 0 Å². The number of hydrogen-bond acceptors (Lipinski definition) is 2. The summed E-state index contributed by atoms with van der Waals surface area (Å²) in [5.74, 6) is -0.224. The van der Waals surface area contributed by atoms with Crippen molar-refractivity contribution in [3.8, 4) is 0 Å². The fraction of sp³-hybridized carbons (Fsp3) is 0.333. The fourth-order valence-corrected chi connectivity index (χ4v) is 3.44. The Bertz CT molecular complexity index is 771. The Morgan fingerprint density at radius 2 is 2.00 bits per heavy atom. The standard InChI is InChI=1S/C18H18BrFN2O/c1-11(23)22-10-18(2,3)16-15(22)9-13(17(19)21-16)8-12-4-6-14(20)7-5-12/h4-7,9H,8,10H2,1-3H3. The predicted molar refractivity (Wildman–Crippen MR) is 92.2 cm³/mol. The Labute approximate surface area is 143 Å². The van der Waals surface area contributed by atoms with Gasteiger partial charge in [0, 0.05) is 25.3 Å². The topological polar surface area (TPSA) is 33.2 Å². The van der Waals surface area contributed by atoms with Gasteiger partial charge in [-0.1, -0.05) is 26.0 Å². The first-order chi connectivity index (χ1) is 10.8. The molecule has 120 valence electrons. The van der Waals surface area contributed by atoms with E-state index >= 15 is 0 Å². The maximum atomic E-state index is 13.0. The molecule has 3 rings (SSSR count). The van der Waals surface area contributed by atoms with E-state index in [-0.39, 0.29) is 17.1 Å². The van der Waals surface area contributed by atoms with Gasteiger partial charge in [0.1, 0.15) is 10.4 Å². The van der Waals surface area contributed by atoms with E-state index in [9.17, 15) is 9.18 Å². The monoisotopic (exact) mass is 376 g/mol. The molecule has 0 radical (unpaired) electrons. The molecular weight excluding hydrogens is 359 g/mol. The van der Waals surface area contributed by atoms with Crippen LogP contribution in [0.4, 0.5) is 10.1 Å². The Morgan fingerprint density at radius 3 is 2.61 bits per heavy atom. The minimum atomic E-state index is -0.246. The molecule has 1 amide bonds. The number of aromatic nitrogens is 1. The molecule has 1 aromatic carbocycles. The van der Waals surface area contributed by atoms with Gasteiger partial charge in [-0.15, -0.1) is 0 Å². The van der Waals surface area contributed by atoms with Crippen LogP contribution in [0.25, 0.3) is 0 Å². The molecule has 2 heterocycles. The SMILES string of the molecule is CC(=O)N1CC(C)(C)c2nc(Br)c(Cc3ccc(F)cc3)cc21. The number of pyridine rings is 1. The lowest BCUT2D eigenvalue weighted by molar-refractivity contribution is -0.116. The van der Waals surface area contributed by atoms with Gasteiger partial charge in [0.25, 0.3) is 0 Å². The second kappa shape index (κ2) is 5.71. The number of carbonyl (C=O) groups excluding carboxylic acids is 1. The zero-order valence-electron chi connectivity index (χ0n) is 13.4. The third-order valence-corrected chi connectivity index (χ3v) is 4.89. The number of rotatable bonds is 2. The lowest BCUT2D eigenvalue weighted by Gasteiger charge is -2.18. The summed E-state index contributed by atoms with van der Waals surface area (Å²) in [5.41, 5.74) is 3.63. The van der Waals surface area contributed by atoms with Crippen LogP contribution in [0.1, 0.15) is 37.6 Å². The van der Waals surface area contributed by atoms with Crippen molar-refractivity contribution in [1.82, 2.24) is 4.98 Å². The van der Waals surface area contributed by atoms with Crippen molar-refractivity contribution in [1.29, 1.82) is 0 Å². The summed E-state index contributed by atoms with van der Waals surface area (Å²) in [7, 11) is 0. The molecule has 1 aromatic heterocycles. The van der Waals surface area contributed by atoms with Crippen LogP contribution in [0.15, 0.2) is 34.9 Å². The first kappa shape index (κ1) is 16.1. The van der Waals surface area contributed by atoms with E-state index in [0.29, 0.717) is 13.0 Å². The first-order valence-corrected chi connectivity index (χ1v) is 8.30. The lowest BCUT2D eigenvalue weighted by atomic mass is 9.91. The van der Waals surface area contributed by atoms with Crippen LogP contribution in [0, 0.1) is 5.82 Å². The van der Waals surface area contributed by atoms with Crippen LogP contribution in [0.3, 0.4) is 0 Å². The number of anilines is 1.